The van der Waals surface area contributed by atoms with Crippen molar-refractivity contribution >= 4 is 11.2 Å². The molecule has 0 unspecified atom stereocenters. The Labute approximate surface area is 202 Å². The maximum Gasteiger partial charge on any atom is 0.332 e. The molecule has 0 aliphatic carbocycles. The van der Waals surface area contributed by atoms with E-state index in [-0.39, 0.29) is 29.1 Å². The van der Waals surface area contributed by atoms with Crippen LogP contribution >= 0.6 is 0 Å². The summed E-state index contributed by atoms with van der Waals surface area (Å²) < 4.78 is 36.8. The van der Waals surface area contributed by atoms with Crippen molar-refractivity contribution in [2.45, 2.75) is 46.3 Å². The molecule has 12 heteroatoms. The number of halogens is 2. The van der Waals surface area contributed by atoms with Gasteiger partial charge in [0.05, 0.1) is 23.9 Å². The number of nitrogens with zero attached hydrogens (tertiary/aromatic N) is 6. The fourth-order valence-corrected chi connectivity index (χ4v) is 4.09. The van der Waals surface area contributed by atoms with E-state index in [4.69, 9.17) is 4.52 Å². The van der Waals surface area contributed by atoms with Gasteiger partial charge in [0, 0.05) is 31.4 Å². The van der Waals surface area contributed by atoms with Crippen LogP contribution in [0.3, 0.4) is 0 Å². The topological polar surface area (TPSA) is 117 Å². The first kappa shape index (κ1) is 23.4. The molecule has 4 aromatic heterocycles. The second-order valence-electron chi connectivity index (χ2n) is 8.41. The zero-order valence-electron chi connectivity index (χ0n) is 19.7. The number of H-pyrrole nitrogens is 1. The van der Waals surface area contributed by atoms with Gasteiger partial charge in [-0.3, -0.25) is 18.6 Å². The predicted molar refractivity (Wildman–Crippen MR) is 127 cm³/mol. The third kappa shape index (κ3) is 4.14. The number of benzene rings is 1. The van der Waals surface area contributed by atoms with Crippen LogP contribution in [-0.4, -0.2) is 34.0 Å². The predicted octanol–water partition coefficient (Wildman–Crippen LogP) is 3.55. The van der Waals surface area contributed by atoms with Gasteiger partial charge in [-0.15, -0.1) is 0 Å². The van der Waals surface area contributed by atoms with Crippen molar-refractivity contribution in [2.24, 2.45) is 0 Å². The highest BCUT2D eigenvalue weighted by atomic mass is 19.1. The van der Waals surface area contributed by atoms with E-state index in [0.717, 1.165) is 12.1 Å². The molecule has 36 heavy (non-hydrogen) atoms. The van der Waals surface area contributed by atoms with Gasteiger partial charge in [0.15, 0.2) is 11.4 Å². The molecule has 0 aliphatic rings. The Kier molecular flexibility index (Phi) is 6.08. The van der Waals surface area contributed by atoms with E-state index >= 15 is 0 Å². The number of fused-ring (bicyclic) bond motifs is 1. The number of hydrogen-bond donors (Lipinski definition) is 1. The molecule has 0 aliphatic heterocycles. The maximum absolute atomic E-state index is 14.0. The van der Waals surface area contributed by atoms with Gasteiger partial charge in [-0.25, -0.2) is 18.6 Å². The summed E-state index contributed by atoms with van der Waals surface area (Å²) >= 11 is 0. The van der Waals surface area contributed by atoms with Gasteiger partial charge in [0.1, 0.15) is 28.7 Å². The lowest BCUT2D eigenvalue weighted by atomic mass is 10.1. The van der Waals surface area contributed by atoms with Crippen molar-refractivity contribution in [1.82, 2.24) is 34.0 Å². The summed E-state index contributed by atoms with van der Waals surface area (Å²) in [4.78, 5) is 33.4. The SMILES string of the molecule is CCCn1c(=O)c2[nH]c(-c3cnn(Cc4cc(-c5ccc(F)cc5F)on4)c3)nc2n(CCC)c1=O. The minimum atomic E-state index is -0.747. The summed E-state index contributed by atoms with van der Waals surface area (Å²) in [6.07, 6.45) is 4.64. The Balaban J connectivity index is 1.45. The summed E-state index contributed by atoms with van der Waals surface area (Å²) in [6.45, 7) is 4.83. The summed E-state index contributed by atoms with van der Waals surface area (Å²) in [5.41, 5.74) is 0.989. The Morgan fingerprint density at radius 1 is 1.06 bits per heavy atom. The highest BCUT2D eigenvalue weighted by molar-refractivity contribution is 5.75. The molecule has 4 heterocycles. The Morgan fingerprint density at radius 3 is 2.58 bits per heavy atom. The first-order chi connectivity index (χ1) is 17.4. The van der Waals surface area contributed by atoms with Gasteiger partial charge in [0.2, 0.25) is 0 Å². The molecular weight excluding hydrogens is 472 g/mol. The summed E-state index contributed by atoms with van der Waals surface area (Å²) in [5.74, 6) is -0.851. The average molecular weight is 495 g/mol. The van der Waals surface area contributed by atoms with Gasteiger partial charge in [0.25, 0.3) is 5.56 Å². The van der Waals surface area contributed by atoms with Gasteiger partial charge in [-0.05, 0) is 25.0 Å². The van der Waals surface area contributed by atoms with Crippen LogP contribution in [0.5, 0.6) is 0 Å². The monoisotopic (exact) mass is 495 g/mol. The van der Waals surface area contributed by atoms with Crippen LogP contribution in [0.1, 0.15) is 32.4 Å². The Hall–Kier alpha value is -4.35. The first-order valence-electron chi connectivity index (χ1n) is 11.6. The largest absolute Gasteiger partial charge is 0.356 e. The summed E-state index contributed by atoms with van der Waals surface area (Å²) in [6, 6.07) is 4.76. The van der Waals surface area contributed by atoms with Crippen molar-refractivity contribution < 1.29 is 13.3 Å². The number of nitrogens with one attached hydrogen (secondary N) is 1. The molecule has 0 saturated heterocycles. The van der Waals surface area contributed by atoms with Crippen molar-refractivity contribution in [2.75, 3.05) is 0 Å². The number of rotatable bonds is 8. The fraction of sp³-hybridized carbons (Fsp3) is 0.292. The van der Waals surface area contributed by atoms with E-state index in [1.165, 1.54) is 15.2 Å². The van der Waals surface area contributed by atoms with E-state index in [2.05, 4.69) is 20.2 Å². The zero-order valence-corrected chi connectivity index (χ0v) is 19.7. The number of aromatic nitrogens is 7. The lowest BCUT2D eigenvalue weighted by Gasteiger charge is -2.09. The quantitative estimate of drug-likeness (QED) is 0.352. The van der Waals surface area contributed by atoms with Crippen LogP contribution in [0.4, 0.5) is 8.78 Å². The van der Waals surface area contributed by atoms with Crippen molar-refractivity contribution in [3.8, 4) is 22.7 Å². The van der Waals surface area contributed by atoms with Crippen LogP contribution in [0.15, 0.2) is 50.8 Å². The van der Waals surface area contributed by atoms with Gasteiger partial charge < -0.3 is 9.51 Å². The Morgan fingerprint density at radius 2 is 1.83 bits per heavy atom. The third-order valence-corrected chi connectivity index (χ3v) is 5.74. The average Bonchev–Trinajstić information content (AvgIpc) is 3.60. The summed E-state index contributed by atoms with van der Waals surface area (Å²) in [7, 11) is 0. The van der Waals surface area contributed by atoms with E-state index in [1.807, 2.05) is 13.8 Å². The van der Waals surface area contributed by atoms with Gasteiger partial charge in [-0.1, -0.05) is 19.0 Å². The number of aromatic amines is 1. The molecule has 0 atom stereocenters. The molecule has 10 nitrogen and oxygen atoms in total. The third-order valence-electron chi connectivity index (χ3n) is 5.74. The number of aryl methyl sites for hydroxylation is 1. The molecule has 0 bridgehead atoms. The van der Waals surface area contributed by atoms with Gasteiger partial charge >= 0.3 is 5.69 Å². The lowest BCUT2D eigenvalue weighted by Crippen LogP contribution is -2.40. The van der Waals surface area contributed by atoms with Crippen molar-refractivity contribution in [3.63, 3.8) is 0 Å². The van der Waals surface area contributed by atoms with Crippen molar-refractivity contribution in [1.29, 1.82) is 0 Å². The molecule has 186 valence electrons. The number of imidazole rings is 1. The second kappa shape index (κ2) is 9.36. The molecule has 0 fully saturated rings. The zero-order chi connectivity index (χ0) is 25.4. The van der Waals surface area contributed by atoms with Crippen LogP contribution in [0.25, 0.3) is 33.9 Å². The normalized spacial score (nSPS) is 11.6. The molecular formula is C24H23F2N7O3. The van der Waals surface area contributed by atoms with E-state index in [1.54, 1.807) is 23.1 Å². The fourth-order valence-electron chi connectivity index (χ4n) is 4.09. The molecule has 1 aromatic carbocycles. The summed E-state index contributed by atoms with van der Waals surface area (Å²) in [5, 5.41) is 8.26. The smallest absolute Gasteiger partial charge is 0.332 e. The van der Waals surface area contributed by atoms with Crippen LogP contribution in [0, 0.1) is 11.6 Å². The molecule has 0 radical (unpaired) electrons. The van der Waals surface area contributed by atoms with Crippen LogP contribution in [-0.2, 0) is 19.6 Å². The molecule has 0 amide bonds. The van der Waals surface area contributed by atoms with Gasteiger partial charge in [-0.2, -0.15) is 5.10 Å². The molecule has 5 aromatic rings. The lowest BCUT2D eigenvalue weighted by molar-refractivity contribution is 0.417. The highest BCUT2D eigenvalue weighted by Crippen LogP contribution is 2.25. The van der Waals surface area contributed by atoms with Crippen LogP contribution < -0.4 is 11.2 Å². The Bertz CT molecular complexity index is 1680. The van der Waals surface area contributed by atoms with E-state index in [9.17, 15) is 18.4 Å². The second-order valence-corrected chi connectivity index (χ2v) is 8.41. The van der Waals surface area contributed by atoms with Crippen molar-refractivity contribution in [3.05, 3.63) is 74.8 Å². The standard InChI is InChI=1S/C24H23F2N7O3/c1-3-7-32-22-20(23(34)33(8-4-2)24(32)35)28-21(29-22)14-11-27-31(12-14)13-16-10-19(36-30-16)17-6-5-15(25)9-18(17)26/h5-6,9-12H,3-4,7-8,13H2,1-2H3,(H,28,29). The molecule has 1 N–H and O–H groups in total. The molecule has 0 spiro atoms. The minimum absolute atomic E-state index is 0.102. The van der Waals surface area contributed by atoms with E-state index < -0.39 is 17.2 Å². The number of hydrogen-bond acceptors (Lipinski definition) is 6. The van der Waals surface area contributed by atoms with Crippen LogP contribution in [0.2, 0.25) is 0 Å². The molecule has 5 rings (SSSR count). The highest BCUT2D eigenvalue weighted by Gasteiger charge is 2.18. The van der Waals surface area contributed by atoms with E-state index in [0.29, 0.717) is 48.7 Å². The minimum Gasteiger partial charge on any atom is -0.356 e. The first-order valence-corrected chi connectivity index (χ1v) is 11.6. The molecule has 0 saturated carbocycles. The maximum atomic E-state index is 14.0.